The van der Waals surface area contributed by atoms with Gasteiger partial charge in [-0.1, -0.05) is 47.6 Å². The third-order valence-corrected chi connectivity index (χ3v) is 5.34. The average Bonchev–Trinajstić information content (AvgIpc) is 3.05. The minimum Gasteiger partial charge on any atom is -0.484 e. The highest BCUT2D eigenvalue weighted by Crippen LogP contribution is 2.24. The lowest BCUT2D eigenvalue weighted by Gasteiger charge is -2.08. The van der Waals surface area contributed by atoms with Crippen LogP contribution in [0.3, 0.4) is 0 Å². The van der Waals surface area contributed by atoms with E-state index in [1.54, 1.807) is 41.0 Å². The summed E-state index contributed by atoms with van der Waals surface area (Å²) in [5.41, 5.74) is 1.13. The number of ketones is 1. The Morgan fingerprint density at radius 1 is 1.17 bits per heavy atom. The van der Waals surface area contributed by atoms with Gasteiger partial charge in [-0.3, -0.25) is 9.59 Å². The Labute approximate surface area is 177 Å². The second-order valence-corrected chi connectivity index (χ2v) is 7.50. The van der Waals surface area contributed by atoms with Crippen LogP contribution in [-0.4, -0.2) is 32.2 Å². The van der Waals surface area contributed by atoms with Crippen molar-refractivity contribution in [2.24, 2.45) is 7.05 Å². The molecule has 0 saturated carbocycles. The molecule has 0 saturated heterocycles. The first-order valence-corrected chi connectivity index (χ1v) is 10.1. The second kappa shape index (κ2) is 9.58. The Morgan fingerprint density at radius 2 is 1.97 bits per heavy atom. The Hall–Kier alpha value is -2.84. The molecule has 29 heavy (non-hydrogen) atoms. The van der Waals surface area contributed by atoms with Gasteiger partial charge in [0, 0.05) is 18.3 Å². The van der Waals surface area contributed by atoms with Crippen molar-refractivity contribution in [1.29, 1.82) is 0 Å². The van der Waals surface area contributed by atoms with E-state index in [4.69, 9.17) is 16.3 Å². The molecule has 1 heterocycles. The highest BCUT2D eigenvalue weighted by Gasteiger charge is 2.13. The highest BCUT2D eigenvalue weighted by atomic mass is 35.5. The molecule has 0 fully saturated rings. The minimum absolute atomic E-state index is 0.0545. The predicted octanol–water partition coefficient (Wildman–Crippen LogP) is 3.98. The van der Waals surface area contributed by atoms with Gasteiger partial charge in [0.05, 0.1) is 10.8 Å². The van der Waals surface area contributed by atoms with Crippen LogP contribution in [0.1, 0.15) is 23.1 Å². The molecule has 0 aliphatic rings. The fraction of sp³-hybridized carbons (Fsp3) is 0.200. The fourth-order valence-corrected chi connectivity index (χ4v) is 3.36. The summed E-state index contributed by atoms with van der Waals surface area (Å²) in [5.74, 6) is 1.08. The first kappa shape index (κ1) is 20.9. The van der Waals surface area contributed by atoms with Gasteiger partial charge in [0.1, 0.15) is 12.4 Å². The molecule has 7 nitrogen and oxygen atoms in total. The van der Waals surface area contributed by atoms with Crippen molar-refractivity contribution < 1.29 is 14.3 Å². The van der Waals surface area contributed by atoms with E-state index in [-0.39, 0.29) is 24.1 Å². The Balaban J connectivity index is 1.54. The number of thioether (sulfide) groups is 1. The van der Waals surface area contributed by atoms with Crippen molar-refractivity contribution in [3.8, 4) is 5.75 Å². The summed E-state index contributed by atoms with van der Waals surface area (Å²) >= 11 is 7.34. The molecule has 1 amide bonds. The van der Waals surface area contributed by atoms with E-state index in [0.717, 1.165) is 0 Å². The predicted molar refractivity (Wildman–Crippen MR) is 113 cm³/mol. The number of anilines is 1. The molecular weight excluding hydrogens is 412 g/mol. The van der Waals surface area contributed by atoms with Gasteiger partial charge in [-0.15, -0.1) is 10.2 Å². The molecule has 9 heteroatoms. The number of hydrogen-bond acceptors (Lipinski definition) is 6. The van der Waals surface area contributed by atoms with Crippen molar-refractivity contribution in [3.63, 3.8) is 0 Å². The van der Waals surface area contributed by atoms with Gasteiger partial charge in [0.25, 0.3) is 0 Å². The number of carbonyl (C=O) groups excluding carboxylic acids is 2. The van der Waals surface area contributed by atoms with Gasteiger partial charge in [0.15, 0.2) is 16.8 Å². The van der Waals surface area contributed by atoms with Crippen molar-refractivity contribution >= 4 is 40.7 Å². The van der Waals surface area contributed by atoms with Crippen LogP contribution >= 0.6 is 23.4 Å². The largest absolute Gasteiger partial charge is 0.484 e. The quantitative estimate of drug-likeness (QED) is 0.429. The lowest BCUT2D eigenvalue weighted by Crippen LogP contribution is -2.15. The van der Waals surface area contributed by atoms with Crippen LogP contribution < -0.4 is 10.1 Å². The van der Waals surface area contributed by atoms with E-state index in [9.17, 15) is 9.59 Å². The smallest absolute Gasteiger partial charge is 0.234 e. The summed E-state index contributed by atoms with van der Waals surface area (Å²) in [6, 6.07) is 14.0. The molecule has 0 unspecified atom stereocenters. The number of carbonyl (C=O) groups is 2. The molecule has 0 atom stereocenters. The van der Waals surface area contributed by atoms with Gasteiger partial charge in [-0.2, -0.15) is 0 Å². The number of nitrogens with zero attached hydrogens (tertiary/aromatic N) is 3. The van der Waals surface area contributed by atoms with Crippen LogP contribution in [-0.2, 0) is 18.4 Å². The molecule has 0 spiro atoms. The molecule has 2 aromatic carbocycles. The van der Waals surface area contributed by atoms with E-state index < -0.39 is 0 Å². The van der Waals surface area contributed by atoms with Crippen molar-refractivity contribution in [3.05, 3.63) is 64.9 Å². The molecule has 0 bridgehead atoms. The molecular formula is C20H19ClN4O3S. The van der Waals surface area contributed by atoms with Crippen LogP contribution in [0.4, 0.5) is 5.69 Å². The number of amides is 1. The zero-order chi connectivity index (χ0) is 20.8. The first-order valence-electron chi connectivity index (χ1n) is 8.73. The number of rotatable bonds is 8. The lowest BCUT2D eigenvalue weighted by atomic mass is 10.1. The van der Waals surface area contributed by atoms with E-state index in [1.165, 1.54) is 18.7 Å². The molecule has 0 radical (unpaired) electrons. The van der Waals surface area contributed by atoms with Gasteiger partial charge >= 0.3 is 0 Å². The lowest BCUT2D eigenvalue weighted by molar-refractivity contribution is -0.113. The zero-order valence-corrected chi connectivity index (χ0v) is 17.5. The summed E-state index contributed by atoms with van der Waals surface area (Å²) in [6.07, 6.45) is 0. The van der Waals surface area contributed by atoms with E-state index in [0.29, 0.717) is 33.0 Å². The maximum Gasteiger partial charge on any atom is 0.234 e. The second-order valence-electron chi connectivity index (χ2n) is 6.15. The summed E-state index contributed by atoms with van der Waals surface area (Å²) in [7, 11) is 1.81. The van der Waals surface area contributed by atoms with Gasteiger partial charge < -0.3 is 14.6 Å². The number of ether oxygens (including phenoxy) is 1. The topological polar surface area (TPSA) is 86.1 Å². The third kappa shape index (κ3) is 5.58. The zero-order valence-electron chi connectivity index (χ0n) is 15.9. The average molecular weight is 431 g/mol. The highest BCUT2D eigenvalue weighted by molar-refractivity contribution is 7.99. The van der Waals surface area contributed by atoms with Crippen LogP contribution in [0.2, 0.25) is 5.02 Å². The third-order valence-electron chi connectivity index (χ3n) is 4.00. The van der Waals surface area contributed by atoms with E-state index in [1.807, 2.05) is 19.2 Å². The van der Waals surface area contributed by atoms with Crippen LogP contribution in [0.25, 0.3) is 0 Å². The number of halogens is 1. The number of Topliss-reactive ketones (excluding diaryl/α,β-unsaturated/α-hetero) is 1. The number of aromatic nitrogens is 3. The van der Waals surface area contributed by atoms with Crippen molar-refractivity contribution in [2.45, 2.75) is 18.7 Å². The SMILES string of the molecule is CC(=O)c1cccc(NC(=O)CSc2nnc(COc3ccccc3Cl)n2C)c1. The maximum absolute atomic E-state index is 12.2. The number of hydrogen-bond donors (Lipinski definition) is 1. The van der Waals surface area contributed by atoms with Crippen molar-refractivity contribution in [2.75, 3.05) is 11.1 Å². The molecule has 0 aliphatic carbocycles. The van der Waals surface area contributed by atoms with Gasteiger partial charge in [-0.05, 0) is 31.2 Å². The van der Waals surface area contributed by atoms with Gasteiger partial charge in [0.2, 0.25) is 5.91 Å². The fourth-order valence-electron chi connectivity index (χ4n) is 2.44. The first-order chi connectivity index (χ1) is 13.9. The number of para-hydroxylation sites is 1. The van der Waals surface area contributed by atoms with Crippen LogP contribution in [0.15, 0.2) is 53.7 Å². The Morgan fingerprint density at radius 3 is 2.72 bits per heavy atom. The van der Waals surface area contributed by atoms with Crippen molar-refractivity contribution in [1.82, 2.24) is 14.8 Å². The molecule has 3 aromatic rings. The van der Waals surface area contributed by atoms with Gasteiger partial charge in [-0.25, -0.2) is 0 Å². The summed E-state index contributed by atoms with van der Waals surface area (Å²) in [5, 5.41) is 12.1. The summed E-state index contributed by atoms with van der Waals surface area (Å²) in [6.45, 7) is 1.69. The maximum atomic E-state index is 12.2. The summed E-state index contributed by atoms with van der Waals surface area (Å²) in [4.78, 5) is 23.7. The standard InChI is InChI=1S/C20H19ClN4O3S/c1-13(26)14-6-5-7-15(10-14)22-19(27)12-29-20-24-23-18(25(20)2)11-28-17-9-4-3-8-16(17)21/h3-10H,11-12H2,1-2H3,(H,22,27). The molecule has 3 rings (SSSR count). The molecule has 0 aliphatic heterocycles. The van der Waals surface area contributed by atoms with E-state index in [2.05, 4.69) is 15.5 Å². The Kier molecular flexibility index (Phi) is 6.90. The summed E-state index contributed by atoms with van der Waals surface area (Å²) < 4.78 is 7.45. The molecule has 1 aromatic heterocycles. The van der Waals surface area contributed by atoms with Crippen LogP contribution in [0, 0.1) is 0 Å². The van der Waals surface area contributed by atoms with E-state index >= 15 is 0 Å². The minimum atomic E-state index is -0.201. The monoisotopic (exact) mass is 430 g/mol. The number of nitrogens with one attached hydrogen (secondary N) is 1. The van der Waals surface area contributed by atoms with Crippen LogP contribution in [0.5, 0.6) is 5.75 Å². The molecule has 1 N–H and O–H groups in total. The number of benzene rings is 2. The molecule has 150 valence electrons. The Bertz CT molecular complexity index is 1040. The normalized spacial score (nSPS) is 10.6.